The molecular formula is C36H41B2F2N5O2. The van der Waals surface area contributed by atoms with Crippen molar-refractivity contribution >= 4 is 44.4 Å². The van der Waals surface area contributed by atoms with Crippen LogP contribution in [0.4, 0.5) is 14.6 Å². The Kier molecular flexibility index (Phi) is 9.57. The summed E-state index contributed by atoms with van der Waals surface area (Å²) < 4.78 is 31.9. The molecule has 1 amide bonds. The number of rotatable bonds is 7. The molecule has 47 heavy (non-hydrogen) atoms. The van der Waals surface area contributed by atoms with Gasteiger partial charge in [0.2, 0.25) is 0 Å². The first-order valence-corrected chi connectivity index (χ1v) is 16.1. The summed E-state index contributed by atoms with van der Waals surface area (Å²) in [5.41, 5.74) is 4.21. The average Bonchev–Trinajstić information content (AvgIpc) is 3.00. The van der Waals surface area contributed by atoms with Crippen molar-refractivity contribution in [1.29, 1.82) is 0 Å². The molecule has 1 fully saturated rings. The highest BCUT2D eigenvalue weighted by Gasteiger charge is 2.35. The Hall–Kier alpha value is -4.53. The zero-order valence-corrected chi connectivity index (χ0v) is 28.4. The molecule has 2 atom stereocenters. The van der Waals surface area contributed by atoms with E-state index in [0.29, 0.717) is 33.5 Å². The zero-order chi connectivity index (χ0) is 34.3. The molecule has 0 N–H and O–H groups in total. The summed E-state index contributed by atoms with van der Waals surface area (Å²) in [6.45, 7) is 15.5. The molecule has 3 heterocycles. The fourth-order valence-corrected chi connectivity index (χ4v) is 6.72. The van der Waals surface area contributed by atoms with Gasteiger partial charge in [-0.3, -0.25) is 14.3 Å². The maximum absolute atomic E-state index is 16.5. The van der Waals surface area contributed by atoms with E-state index in [1.165, 1.54) is 11.0 Å². The topological polar surface area (TPSA) is 71.3 Å². The third-order valence-electron chi connectivity index (χ3n) is 8.71. The number of anilines is 1. The van der Waals surface area contributed by atoms with Crippen LogP contribution in [0.1, 0.15) is 70.2 Å². The number of benzene rings is 2. The smallest absolute Gasteiger partial charge is 0.347 e. The Bertz CT molecular complexity index is 1930. The number of hydrogen-bond acceptors (Lipinski definition) is 5. The number of halogens is 2. The van der Waals surface area contributed by atoms with Gasteiger partial charge in [0, 0.05) is 42.3 Å². The van der Waals surface area contributed by atoms with Crippen LogP contribution in [0.15, 0.2) is 71.2 Å². The van der Waals surface area contributed by atoms with Gasteiger partial charge in [-0.05, 0) is 60.6 Å². The minimum Gasteiger partial charge on any atom is -0.347 e. The van der Waals surface area contributed by atoms with E-state index in [-0.39, 0.29) is 37.0 Å². The summed E-state index contributed by atoms with van der Waals surface area (Å²) in [7, 11) is 3.98. The van der Waals surface area contributed by atoms with Gasteiger partial charge in [-0.2, -0.15) is 4.98 Å². The Morgan fingerprint density at radius 3 is 2.28 bits per heavy atom. The molecule has 0 unspecified atom stereocenters. The van der Waals surface area contributed by atoms with E-state index in [2.05, 4.69) is 25.4 Å². The van der Waals surface area contributed by atoms with E-state index in [4.69, 9.17) is 4.98 Å². The Labute approximate surface area is 276 Å². The number of pyridine rings is 1. The van der Waals surface area contributed by atoms with Crippen LogP contribution in [-0.4, -0.2) is 66.2 Å². The molecule has 0 aliphatic carbocycles. The van der Waals surface area contributed by atoms with Crippen molar-refractivity contribution in [2.45, 2.75) is 65.5 Å². The Balaban J connectivity index is 1.87. The highest BCUT2D eigenvalue weighted by atomic mass is 19.1. The molecule has 0 radical (unpaired) electrons. The molecule has 1 aliphatic rings. The number of hydrogen-bond donors (Lipinski definition) is 0. The number of nitrogens with zero attached hydrogens (tertiary/aromatic N) is 5. The lowest BCUT2D eigenvalue weighted by Crippen LogP contribution is -2.59. The highest BCUT2D eigenvalue weighted by molar-refractivity contribution is 6.50. The second-order valence-electron chi connectivity index (χ2n) is 13.4. The van der Waals surface area contributed by atoms with Gasteiger partial charge in [0.05, 0.1) is 16.9 Å². The summed E-state index contributed by atoms with van der Waals surface area (Å²) >= 11 is 0. The van der Waals surface area contributed by atoms with Crippen molar-refractivity contribution in [3.05, 3.63) is 99.6 Å². The fraction of sp³-hybridized carbons (Fsp3) is 0.333. The predicted octanol–water partition coefficient (Wildman–Crippen LogP) is 5.31. The molecule has 1 aliphatic heterocycles. The third kappa shape index (κ3) is 6.40. The largest absolute Gasteiger partial charge is 0.354 e. The Morgan fingerprint density at radius 2 is 1.68 bits per heavy atom. The van der Waals surface area contributed by atoms with E-state index in [9.17, 15) is 14.0 Å². The summed E-state index contributed by atoms with van der Waals surface area (Å²) in [6.07, 6.45) is 3.77. The lowest BCUT2D eigenvalue weighted by Gasteiger charge is -2.45. The average molecular weight is 635 g/mol. The molecule has 4 aromatic rings. The van der Waals surface area contributed by atoms with Gasteiger partial charge in [-0.25, -0.2) is 13.6 Å². The van der Waals surface area contributed by atoms with Crippen molar-refractivity contribution in [3.8, 4) is 16.8 Å². The second kappa shape index (κ2) is 13.3. The van der Waals surface area contributed by atoms with E-state index >= 15 is 4.39 Å². The lowest BCUT2D eigenvalue weighted by atomic mass is 9.77. The Morgan fingerprint density at radius 1 is 1.02 bits per heavy atom. The standard InChI is InChI=1S/C36H41B2F2N5O2/c1-19(2)25-12-13-41-32(20(3)4)33(25)45-30-16-27(26-11-9-8-10-24(26)14-31(37)38)29(40)15-28(30)34(42-36(45)47)44-21(5)17-43(18-22(44)6)35(46)23(7)39/h8-16,19-22H,7,17-18,37-38H2,1-6H3/t21-,22-/m0/s1. The first-order chi connectivity index (χ1) is 22.2. The van der Waals surface area contributed by atoms with Crippen LogP contribution in [0.2, 0.25) is 0 Å². The van der Waals surface area contributed by atoms with Crippen molar-refractivity contribution in [3.63, 3.8) is 0 Å². The van der Waals surface area contributed by atoms with E-state index in [1.54, 1.807) is 16.8 Å². The normalized spacial score (nSPS) is 16.6. The maximum atomic E-state index is 16.5. The van der Waals surface area contributed by atoms with Crippen LogP contribution < -0.4 is 10.6 Å². The summed E-state index contributed by atoms with van der Waals surface area (Å²) in [6, 6.07) is 12.0. The van der Waals surface area contributed by atoms with Gasteiger partial charge < -0.3 is 9.80 Å². The van der Waals surface area contributed by atoms with Gasteiger partial charge >= 0.3 is 5.69 Å². The van der Waals surface area contributed by atoms with Gasteiger partial charge in [-0.15, -0.1) is 5.37 Å². The molecule has 0 spiro atoms. The maximum Gasteiger partial charge on any atom is 0.354 e. The summed E-state index contributed by atoms with van der Waals surface area (Å²) in [5.74, 6) is -1.88. The number of aromatic nitrogens is 3. The van der Waals surface area contributed by atoms with E-state index in [1.807, 2.05) is 84.7 Å². The molecule has 2 aromatic carbocycles. The van der Waals surface area contributed by atoms with Crippen molar-refractivity contribution in [2.75, 3.05) is 18.0 Å². The van der Waals surface area contributed by atoms with E-state index in [0.717, 1.165) is 22.2 Å². The van der Waals surface area contributed by atoms with Crippen LogP contribution in [-0.2, 0) is 4.79 Å². The molecule has 1 saturated heterocycles. The molecular weight excluding hydrogens is 594 g/mol. The number of fused-ring (bicyclic) bond motifs is 1. The predicted molar refractivity (Wildman–Crippen MR) is 192 cm³/mol. The van der Waals surface area contributed by atoms with Gasteiger partial charge in [0.1, 0.15) is 27.3 Å². The van der Waals surface area contributed by atoms with Crippen molar-refractivity contribution < 1.29 is 13.6 Å². The number of carbonyl (C=O) groups is 1. The highest BCUT2D eigenvalue weighted by Crippen LogP contribution is 2.38. The van der Waals surface area contributed by atoms with Crippen LogP contribution in [0.25, 0.3) is 33.8 Å². The number of carbonyl (C=O) groups excluding carboxylic acids is 1. The minimum absolute atomic E-state index is 0.0143. The van der Waals surface area contributed by atoms with Crippen LogP contribution in [0, 0.1) is 5.82 Å². The molecule has 0 saturated carbocycles. The van der Waals surface area contributed by atoms with Crippen molar-refractivity contribution in [2.24, 2.45) is 0 Å². The second-order valence-corrected chi connectivity index (χ2v) is 13.4. The number of piperazine rings is 1. The molecule has 11 heteroatoms. The fourth-order valence-electron chi connectivity index (χ4n) is 6.72. The van der Waals surface area contributed by atoms with E-state index < -0.39 is 23.2 Å². The molecule has 7 nitrogen and oxygen atoms in total. The molecule has 242 valence electrons. The minimum atomic E-state index is -1.02. The first-order valence-electron chi connectivity index (χ1n) is 16.1. The number of amides is 1. The first kappa shape index (κ1) is 33.8. The summed E-state index contributed by atoms with van der Waals surface area (Å²) in [4.78, 5) is 39.6. The van der Waals surface area contributed by atoms with Gasteiger partial charge in [0.15, 0.2) is 5.83 Å². The lowest BCUT2D eigenvalue weighted by molar-refractivity contribution is -0.129. The third-order valence-corrected chi connectivity index (χ3v) is 8.71. The van der Waals surface area contributed by atoms with Crippen molar-refractivity contribution in [1.82, 2.24) is 19.4 Å². The van der Waals surface area contributed by atoms with Gasteiger partial charge in [0.25, 0.3) is 5.91 Å². The monoisotopic (exact) mass is 635 g/mol. The van der Waals surface area contributed by atoms with Gasteiger partial charge in [-0.1, -0.05) is 64.6 Å². The SMILES string of the molecule is BC(B)=Cc1ccccc1-c1cc2c(cc1F)c(N1[C@@H](C)CN(C(=O)C(=C)F)C[C@@H]1C)nc(=O)n2-c1c(C(C)C)ccnc1C(C)C. The zero-order valence-electron chi connectivity index (χ0n) is 28.4. The van der Waals surface area contributed by atoms with Crippen LogP contribution in [0.3, 0.4) is 0 Å². The molecule has 5 rings (SSSR count). The molecule has 0 bridgehead atoms. The van der Waals surface area contributed by atoms with Crippen LogP contribution >= 0.6 is 0 Å². The van der Waals surface area contributed by atoms with Crippen LogP contribution in [0.5, 0.6) is 0 Å². The summed E-state index contributed by atoms with van der Waals surface area (Å²) in [5, 5.41) is 1.52. The quantitative estimate of drug-likeness (QED) is 0.204. The molecule has 2 aromatic heterocycles.